The van der Waals surface area contributed by atoms with Gasteiger partial charge in [0.1, 0.15) is 0 Å². The molecule has 1 aromatic rings. The Kier molecular flexibility index (Phi) is 5.11. The van der Waals surface area contributed by atoms with Crippen LogP contribution in [-0.4, -0.2) is 17.0 Å². The third kappa shape index (κ3) is 3.80. The molecule has 0 aliphatic rings. The van der Waals surface area contributed by atoms with Gasteiger partial charge in [0, 0.05) is 16.1 Å². The molecule has 0 heterocycles. The van der Waals surface area contributed by atoms with Gasteiger partial charge in [-0.15, -0.1) is 0 Å². The van der Waals surface area contributed by atoms with Crippen molar-refractivity contribution in [3.05, 3.63) is 27.7 Å². The summed E-state index contributed by atoms with van der Waals surface area (Å²) in [5, 5.41) is 11.7. The summed E-state index contributed by atoms with van der Waals surface area (Å²) in [4.78, 5) is 22.8. The molecule has 1 rings (SSSR count). The second-order valence-electron chi connectivity index (χ2n) is 4.83. The highest BCUT2D eigenvalue weighted by molar-refractivity contribution is 9.10. The first-order valence-corrected chi connectivity index (χ1v) is 6.83. The average molecular weight is 328 g/mol. The van der Waals surface area contributed by atoms with Gasteiger partial charge in [-0.2, -0.15) is 0 Å². The third-order valence-corrected chi connectivity index (χ3v) is 4.51. The van der Waals surface area contributed by atoms with Gasteiger partial charge in [-0.25, -0.2) is 0 Å². The monoisotopic (exact) mass is 327 g/mol. The number of hydrogen-bond donors (Lipinski definition) is 2. The number of halogens is 1. The van der Waals surface area contributed by atoms with Gasteiger partial charge in [0.15, 0.2) is 0 Å². The van der Waals surface area contributed by atoms with Crippen molar-refractivity contribution in [3.8, 4) is 0 Å². The molecule has 1 amide bonds. The average Bonchev–Trinajstić information content (AvgIpc) is 2.33. The number of carboxylic acids is 1. The molecule has 0 spiro atoms. The van der Waals surface area contributed by atoms with Gasteiger partial charge in [0.25, 0.3) is 0 Å². The number of carbonyl (C=O) groups excluding carboxylic acids is 1. The highest BCUT2D eigenvalue weighted by Crippen LogP contribution is 2.25. The predicted molar refractivity (Wildman–Crippen MR) is 78.2 cm³/mol. The summed E-state index contributed by atoms with van der Waals surface area (Å²) in [5.74, 6) is -2.54. The van der Waals surface area contributed by atoms with Crippen LogP contribution in [0.5, 0.6) is 0 Å². The van der Waals surface area contributed by atoms with Crippen LogP contribution in [0.3, 0.4) is 0 Å². The maximum atomic E-state index is 12.0. The van der Waals surface area contributed by atoms with E-state index in [1.54, 1.807) is 6.92 Å². The smallest absolute Gasteiger partial charge is 0.307 e. The third-order valence-electron chi connectivity index (χ3n) is 3.26. The molecule has 0 bridgehead atoms. The Balaban J connectivity index is 2.86. The molecule has 104 valence electrons. The number of rotatable bonds is 4. The lowest BCUT2D eigenvalue weighted by molar-refractivity contribution is -0.145. The number of carbonyl (C=O) groups is 2. The fourth-order valence-electron chi connectivity index (χ4n) is 1.72. The van der Waals surface area contributed by atoms with Crippen LogP contribution in [0.2, 0.25) is 0 Å². The maximum Gasteiger partial charge on any atom is 0.307 e. The van der Waals surface area contributed by atoms with Crippen molar-refractivity contribution < 1.29 is 14.7 Å². The molecule has 2 unspecified atom stereocenters. The summed E-state index contributed by atoms with van der Waals surface area (Å²) in [7, 11) is 0. The lowest BCUT2D eigenvalue weighted by atomic mass is 9.95. The Morgan fingerprint density at radius 1 is 1.16 bits per heavy atom. The summed E-state index contributed by atoms with van der Waals surface area (Å²) in [6.07, 6.45) is 0. The van der Waals surface area contributed by atoms with E-state index in [1.165, 1.54) is 6.92 Å². The predicted octanol–water partition coefficient (Wildman–Crippen LogP) is 3.36. The van der Waals surface area contributed by atoms with Gasteiger partial charge in [-0.1, -0.05) is 29.8 Å². The number of nitrogens with one attached hydrogen (secondary N) is 1. The minimum atomic E-state index is -0.967. The van der Waals surface area contributed by atoms with Crippen molar-refractivity contribution >= 4 is 33.5 Å². The zero-order valence-electron chi connectivity index (χ0n) is 11.5. The van der Waals surface area contributed by atoms with Crippen molar-refractivity contribution in [2.45, 2.75) is 27.7 Å². The van der Waals surface area contributed by atoms with E-state index in [2.05, 4.69) is 21.2 Å². The summed E-state index contributed by atoms with van der Waals surface area (Å²) in [6.45, 7) is 7.03. The summed E-state index contributed by atoms with van der Waals surface area (Å²) in [6, 6.07) is 3.71. The molecule has 0 radical (unpaired) electrons. The van der Waals surface area contributed by atoms with Gasteiger partial charge in [0.2, 0.25) is 5.91 Å². The lowest BCUT2D eigenvalue weighted by Crippen LogP contribution is -2.30. The minimum Gasteiger partial charge on any atom is -0.481 e. The van der Waals surface area contributed by atoms with Crippen molar-refractivity contribution in [2.24, 2.45) is 11.8 Å². The standard InChI is InChI=1S/C14H18BrNO3/c1-7-5-11(6-8(2)12(7)15)16-13(17)9(3)10(4)14(18)19/h5-6,9-10H,1-4H3,(H,16,17)(H,18,19). The first kappa shape index (κ1) is 15.7. The van der Waals surface area contributed by atoms with Crippen LogP contribution in [0.4, 0.5) is 5.69 Å². The molecular weight excluding hydrogens is 310 g/mol. The van der Waals surface area contributed by atoms with E-state index in [0.717, 1.165) is 15.6 Å². The maximum absolute atomic E-state index is 12.0. The van der Waals surface area contributed by atoms with E-state index in [4.69, 9.17) is 5.11 Å². The second kappa shape index (κ2) is 6.19. The molecule has 0 saturated heterocycles. The van der Waals surface area contributed by atoms with E-state index in [1.807, 2.05) is 26.0 Å². The van der Waals surface area contributed by atoms with Crippen LogP contribution in [0.15, 0.2) is 16.6 Å². The molecule has 5 heteroatoms. The first-order valence-electron chi connectivity index (χ1n) is 6.04. The Morgan fingerprint density at radius 3 is 2.05 bits per heavy atom. The van der Waals surface area contributed by atoms with Gasteiger partial charge in [-0.3, -0.25) is 9.59 Å². The van der Waals surface area contributed by atoms with Crippen LogP contribution in [0.1, 0.15) is 25.0 Å². The number of aliphatic carboxylic acids is 1. The first-order chi connectivity index (χ1) is 8.73. The summed E-state index contributed by atoms with van der Waals surface area (Å²) in [5.41, 5.74) is 2.73. The molecule has 0 aromatic heterocycles. The summed E-state index contributed by atoms with van der Waals surface area (Å²) < 4.78 is 1.01. The van der Waals surface area contributed by atoms with Crippen LogP contribution >= 0.6 is 15.9 Å². The molecule has 1 aromatic carbocycles. The van der Waals surface area contributed by atoms with Gasteiger partial charge in [-0.05, 0) is 37.1 Å². The Morgan fingerprint density at radius 2 is 1.63 bits per heavy atom. The Labute approximate surface area is 121 Å². The largest absolute Gasteiger partial charge is 0.481 e. The van der Waals surface area contributed by atoms with Gasteiger partial charge < -0.3 is 10.4 Å². The minimum absolute atomic E-state index is 0.281. The molecule has 0 saturated carbocycles. The van der Waals surface area contributed by atoms with Crippen molar-refractivity contribution in [1.82, 2.24) is 0 Å². The SMILES string of the molecule is Cc1cc(NC(=O)C(C)C(C)C(=O)O)cc(C)c1Br. The van der Waals surface area contributed by atoms with E-state index >= 15 is 0 Å². The number of anilines is 1. The highest BCUT2D eigenvalue weighted by Gasteiger charge is 2.25. The number of hydrogen-bond acceptors (Lipinski definition) is 2. The van der Waals surface area contributed by atoms with E-state index in [-0.39, 0.29) is 5.91 Å². The topological polar surface area (TPSA) is 66.4 Å². The Bertz CT molecular complexity index is 490. The van der Waals surface area contributed by atoms with Crippen LogP contribution in [0.25, 0.3) is 0 Å². The fraction of sp³-hybridized carbons (Fsp3) is 0.429. The highest BCUT2D eigenvalue weighted by atomic mass is 79.9. The quantitative estimate of drug-likeness (QED) is 0.891. The molecule has 0 aliphatic carbocycles. The van der Waals surface area contributed by atoms with Crippen molar-refractivity contribution in [1.29, 1.82) is 0 Å². The fourth-order valence-corrected chi connectivity index (χ4v) is 1.94. The van der Waals surface area contributed by atoms with E-state index < -0.39 is 17.8 Å². The number of carboxylic acid groups (broad SMARTS) is 1. The normalized spacial score (nSPS) is 13.7. The zero-order valence-corrected chi connectivity index (χ0v) is 13.0. The number of benzene rings is 1. The number of aryl methyl sites for hydroxylation is 2. The van der Waals surface area contributed by atoms with Gasteiger partial charge >= 0.3 is 5.97 Å². The lowest BCUT2D eigenvalue weighted by Gasteiger charge is -2.16. The molecule has 4 nitrogen and oxygen atoms in total. The molecular formula is C14H18BrNO3. The molecule has 19 heavy (non-hydrogen) atoms. The molecule has 0 aliphatic heterocycles. The van der Waals surface area contributed by atoms with Crippen molar-refractivity contribution in [3.63, 3.8) is 0 Å². The van der Waals surface area contributed by atoms with Crippen LogP contribution in [0, 0.1) is 25.7 Å². The second-order valence-corrected chi connectivity index (χ2v) is 5.62. The molecule has 2 N–H and O–H groups in total. The van der Waals surface area contributed by atoms with E-state index in [0.29, 0.717) is 5.69 Å². The number of amides is 1. The van der Waals surface area contributed by atoms with Crippen molar-refractivity contribution in [2.75, 3.05) is 5.32 Å². The van der Waals surface area contributed by atoms with Gasteiger partial charge in [0.05, 0.1) is 5.92 Å². The molecule has 0 fully saturated rings. The Hall–Kier alpha value is -1.36. The van der Waals surface area contributed by atoms with Crippen LogP contribution in [-0.2, 0) is 9.59 Å². The molecule has 2 atom stereocenters. The zero-order chi connectivity index (χ0) is 14.7. The summed E-state index contributed by atoms with van der Waals surface area (Å²) >= 11 is 3.46. The van der Waals surface area contributed by atoms with Crippen LogP contribution < -0.4 is 5.32 Å². The van der Waals surface area contributed by atoms with E-state index in [9.17, 15) is 9.59 Å².